The highest BCUT2D eigenvalue weighted by molar-refractivity contribution is 5.97. The molecule has 1 saturated heterocycles. The Morgan fingerprint density at radius 2 is 1.71 bits per heavy atom. The van der Waals surface area contributed by atoms with Crippen molar-refractivity contribution in [3.8, 4) is 0 Å². The number of carbonyl (C=O) groups is 2. The molecular weight excluding hydrogens is 182 g/mol. The van der Waals surface area contributed by atoms with Crippen molar-refractivity contribution in [2.24, 2.45) is 11.8 Å². The molecule has 1 unspecified atom stereocenters. The molecule has 1 rings (SSSR count). The third-order valence-corrected chi connectivity index (χ3v) is 2.62. The Morgan fingerprint density at radius 1 is 1.21 bits per heavy atom. The molecule has 14 heavy (non-hydrogen) atoms. The zero-order valence-electron chi connectivity index (χ0n) is 8.69. The van der Waals surface area contributed by atoms with Gasteiger partial charge in [0.2, 0.25) is 5.91 Å². The molecule has 0 saturated carbocycles. The second-order valence-corrected chi connectivity index (χ2v) is 4.09. The number of hydrogen-bond acceptors (Lipinski definition) is 2. The number of rotatable bonds is 3. The van der Waals surface area contributed by atoms with Crippen molar-refractivity contribution in [1.82, 2.24) is 4.90 Å². The van der Waals surface area contributed by atoms with E-state index in [0.717, 1.165) is 25.9 Å². The number of hydrogen-bond donors (Lipinski definition) is 1. The monoisotopic (exact) mass is 199 g/mol. The Hall–Kier alpha value is -1.06. The lowest BCUT2D eigenvalue weighted by atomic mass is 9.94. The van der Waals surface area contributed by atoms with Crippen molar-refractivity contribution < 1.29 is 14.7 Å². The maximum Gasteiger partial charge on any atom is 0.316 e. The standard InChI is InChI=1S/C10H17NO3/c1-7(2)8(10(13)14)9(12)11-5-3-4-6-11/h7-8H,3-6H2,1-2H3,(H,13,14). The van der Waals surface area contributed by atoms with Gasteiger partial charge in [-0.15, -0.1) is 0 Å². The summed E-state index contributed by atoms with van der Waals surface area (Å²) < 4.78 is 0. The van der Waals surface area contributed by atoms with Crippen LogP contribution in [0.15, 0.2) is 0 Å². The average molecular weight is 199 g/mol. The number of carboxylic acid groups (broad SMARTS) is 1. The van der Waals surface area contributed by atoms with E-state index in [4.69, 9.17) is 5.11 Å². The number of carboxylic acids is 1. The van der Waals surface area contributed by atoms with Gasteiger partial charge in [0.15, 0.2) is 0 Å². The van der Waals surface area contributed by atoms with Crippen LogP contribution in [0.3, 0.4) is 0 Å². The SMILES string of the molecule is CC(C)C(C(=O)O)C(=O)N1CCCC1. The Bertz CT molecular complexity index is 232. The molecular formula is C10H17NO3. The summed E-state index contributed by atoms with van der Waals surface area (Å²) in [5.74, 6) is -2.23. The van der Waals surface area contributed by atoms with E-state index in [2.05, 4.69) is 0 Å². The Kier molecular flexibility index (Phi) is 3.49. The number of aliphatic carboxylic acids is 1. The van der Waals surface area contributed by atoms with Gasteiger partial charge in [0.1, 0.15) is 5.92 Å². The summed E-state index contributed by atoms with van der Waals surface area (Å²) in [5, 5.41) is 8.93. The van der Waals surface area contributed by atoms with Crippen molar-refractivity contribution in [3.63, 3.8) is 0 Å². The third-order valence-electron chi connectivity index (χ3n) is 2.62. The van der Waals surface area contributed by atoms with Gasteiger partial charge in [-0.1, -0.05) is 13.8 Å². The summed E-state index contributed by atoms with van der Waals surface area (Å²) in [6.07, 6.45) is 1.99. The summed E-state index contributed by atoms with van der Waals surface area (Å²) in [5.41, 5.74) is 0. The van der Waals surface area contributed by atoms with E-state index in [0.29, 0.717) is 0 Å². The zero-order valence-corrected chi connectivity index (χ0v) is 8.69. The highest BCUT2D eigenvalue weighted by Gasteiger charge is 2.33. The summed E-state index contributed by atoms with van der Waals surface area (Å²) in [4.78, 5) is 24.3. The van der Waals surface area contributed by atoms with Gasteiger partial charge >= 0.3 is 5.97 Å². The Labute approximate surface area is 83.9 Å². The van der Waals surface area contributed by atoms with Gasteiger partial charge in [0.05, 0.1) is 0 Å². The van der Waals surface area contributed by atoms with E-state index in [9.17, 15) is 9.59 Å². The summed E-state index contributed by atoms with van der Waals surface area (Å²) in [6, 6.07) is 0. The molecule has 0 aliphatic carbocycles. The van der Waals surface area contributed by atoms with Crippen LogP contribution in [0.4, 0.5) is 0 Å². The number of carbonyl (C=O) groups excluding carboxylic acids is 1. The van der Waals surface area contributed by atoms with E-state index in [1.165, 1.54) is 0 Å². The van der Waals surface area contributed by atoms with Crippen LogP contribution in [0.5, 0.6) is 0 Å². The zero-order chi connectivity index (χ0) is 10.7. The summed E-state index contributed by atoms with van der Waals surface area (Å²) in [6.45, 7) is 4.98. The molecule has 1 fully saturated rings. The molecule has 0 aromatic heterocycles. The van der Waals surface area contributed by atoms with Crippen LogP contribution in [0.25, 0.3) is 0 Å². The lowest BCUT2D eigenvalue weighted by Gasteiger charge is -2.22. The average Bonchev–Trinajstić information content (AvgIpc) is 2.53. The molecule has 1 aliphatic rings. The Balaban J connectivity index is 2.67. The smallest absolute Gasteiger partial charge is 0.316 e. The van der Waals surface area contributed by atoms with Crippen LogP contribution in [-0.4, -0.2) is 35.0 Å². The highest BCUT2D eigenvalue weighted by atomic mass is 16.4. The predicted molar refractivity (Wildman–Crippen MR) is 51.8 cm³/mol. The fraction of sp³-hybridized carbons (Fsp3) is 0.800. The lowest BCUT2D eigenvalue weighted by Crippen LogP contribution is -2.40. The fourth-order valence-electron chi connectivity index (χ4n) is 1.81. The predicted octanol–water partition coefficient (Wildman–Crippen LogP) is 0.966. The van der Waals surface area contributed by atoms with Crippen molar-refractivity contribution in [2.75, 3.05) is 13.1 Å². The third kappa shape index (κ3) is 2.25. The summed E-state index contributed by atoms with van der Waals surface area (Å²) >= 11 is 0. The number of likely N-dealkylation sites (tertiary alicyclic amines) is 1. The van der Waals surface area contributed by atoms with Crippen molar-refractivity contribution >= 4 is 11.9 Å². The van der Waals surface area contributed by atoms with Gasteiger partial charge in [0.25, 0.3) is 0 Å². The fourth-order valence-corrected chi connectivity index (χ4v) is 1.81. The molecule has 1 aliphatic heterocycles. The van der Waals surface area contributed by atoms with Gasteiger partial charge in [0, 0.05) is 13.1 Å². The minimum atomic E-state index is -1.00. The molecule has 80 valence electrons. The first-order chi connectivity index (χ1) is 6.54. The second kappa shape index (κ2) is 4.44. The molecule has 1 N–H and O–H groups in total. The van der Waals surface area contributed by atoms with Gasteiger partial charge in [-0.3, -0.25) is 9.59 Å². The van der Waals surface area contributed by atoms with E-state index in [1.54, 1.807) is 18.7 Å². The first-order valence-electron chi connectivity index (χ1n) is 5.05. The molecule has 4 nitrogen and oxygen atoms in total. The molecule has 0 aromatic carbocycles. The quantitative estimate of drug-likeness (QED) is 0.689. The first-order valence-corrected chi connectivity index (χ1v) is 5.05. The molecule has 4 heteroatoms. The van der Waals surface area contributed by atoms with Crippen molar-refractivity contribution in [1.29, 1.82) is 0 Å². The molecule has 0 bridgehead atoms. The molecule has 0 spiro atoms. The van der Waals surface area contributed by atoms with Crippen molar-refractivity contribution in [2.45, 2.75) is 26.7 Å². The molecule has 1 heterocycles. The van der Waals surface area contributed by atoms with Gasteiger partial charge in [-0.05, 0) is 18.8 Å². The molecule has 0 radical (unpaired) electrons. The van der Waals surface area contributed by atoms with Crippen LogP contribution in [0, 0.1) is 11.8 Å². The topological polar surface area (TPSA) is 57.6 Å². The van der Waals surface area contributed by atoms with E-state index < -0.39 is 11.9 Å². The van der Waals surface area contributed by atoms with Crippen LogP contribution >= 0.6 is 0 Å². The van der Waals surface area contributed by atoms with E-state index in [1.807, 2.05) is 0 Å². The number of amides is 1. The first kappa shape index (κ1) is 11.0. The molecule has 0 aromatic rings. The molecule has 1 amide bonds. The number of nitrogens with zero attached hydrogens (tertiary/aromatic N) is 1. The largest absolute Gasteiger partial charge is 0.481 e. The van der Waals surface area contributed by atoms with Crippen LogP contribution in [0.1, 0.15) is 26.7 Å². The van der Waals surface area contributed by atoms with Gasteiger partial charge < -0.3 is 10.0 Å². The van der Waals surface area contributed by atoms with Crippen LogP contribution in [0.2, 0.25) is 0 Å². The van der Waals surface area contributed by atoms with E-state index >= 15 is 0 Å². The highest BCUT2D eigenvalue weighted by Crippen LogP contribution is 2.18. The maximum atomic E-state index is 11.8. The maximum absolute atomic E-state index is 11.8. The summed E-state index contributed by atoms with van der Waals surface area (Å²) in [7, 11) is 0. The van der Waals surface area contributed by atoms with Gasteiger partial charge in [-0.2, -0.15) is 0 Å². The molecule has 1 atom stereocenters. The second-order valence-electron chi connectivity index (χ2n) is 4.09. The minimum absolute atomic E-state index is 0.138. The lowest BCUT2D eigenvalue weighted by molar-refractivity contribution is -0.152. The van der Waals surface area contributed by atoms with E-state index in [-0.39, 0.29) is 11.8 Å². The van der Waals surface area contributed by atoms with Crippen LogP contribution in [-0.2, 0) is 9.59 Å². The normalized spacial score (nSPS) is 18.6. The Morgan fingerprint density at radius 3 is 2.07 bits per heavy atom. The van der Waals surface area contributed by atoms with Crippen LogP contribution < -0.4 is 0 Å². The van der Waals surface area contributed by atoms with Gasteiger partial charge in [-0.25, -0.2) is 0 Å². The minimum Gasteiger partial charge on any atom is -0.481 e. The van der Waals surface area contributed by atoms with Crippen molar-refractivity contribution in [3.05, 3.63) is 0 Å².